The van der Waals surface area contributed by atoms with E-state index in [0.29, 0.717) is 28.1 Å². The van der Waals surface area contributed by atoms with Crippen molar-refractivity contribution in [1.82, 2.24) is 0 Å². The van der Waals surface area contributed by atoms with E-state index in [1.807, 2.05) is 42.5 Å². The van der Waals surface area contributed by atoms with Gasteiger partial charge in [-0.3, -0.25) is 4.55 Å². The van der Waals surface area contributed by atoms with Gasteiger partial charge in [-0.15, -0.1) is 0 Å². The molecule has 34 heavy (non-hydrogen) atoms. The third kappa shape index (κ3) is 4.07. The molecule has 0 spiro atoms. The van der Waals surface area contributed by atoms with Gasteiger partial charge in [-0.1, -0.05) is 48.5 Å². The topological polar surface area (TPSA) is 125 Å². The first-order chi connectivity index (χ1) is 16.3. The van der Waals surface area contributed by atoms with Gasteiger partial charge in [-0.05, 0) is 53.2 Å². The number of hydrogen-bond acceptors (Lipinski definition) is 6. The molecule has 0 aliphatic heterocycles. The number of benzene rings is 5. The van der Waals surface area contributed by atoms with E-state index in [9.17, 15) is 18.1 Å². The van der Waals surface area contributed by atoms with Crippen molar-refractivity contribution in [1.29, 1.82) is 0 Å². The Hall–Kier alpha value is -4.27. The van der Waals surface area contributed by atoms with Gasteiger partial charge in [-0.2, -0.15) is 8.42 Å². The van der Waals surface area contributed by atoms with E-state index in [1.54, 1.807) is 36.4 Å². The molecule has 0 aliphatic rings. The second kappa shape index (κ2) is 8.26. The Morgan fingerprint density at radius 3 is 2.29 bits per heavy atom. The highest BCUT2D eigenvalue weighted by molar-refractivity contribution is 7.86. The van der Waals surface area contributed by atoms with Crippen LogP contribution in [0.25, 0.3) is 21.5 Å². The van der Waals surface area contributed by atoms with E-state index in [0.717, 1.165) is 16.2 Å². The number of nitrogens with two attached hydrogens (primary N) is 1. The Balaban J connectivity index is 1.65. The average molecular weight is 472 g/mol. The number of hydrogen-bond donors (Lipinski definition) is 5. The molecule has 0 heterocycles. The summed E-state index contributed by atoms with van der Waals surface area (Å²) in [6.07, 6.45) is 0. The van der Waals surface area contributed by atoms with Crippen LogP contribution in [0.3, 0.4) is 0 Å². The molecule has 0 radical (unpaired) electrons. The first-order valence-corrected chi connectivity index (χ1v) is 11.9. The van der Waals surface area contributed by atoms with Crippen molar-refractivity contribution in [2.24, 2.45) is 0 Å². The molecule has 0 fully saturated rings. The number of phenols is 1. The van der Waals surface area contributed by atoms with Crippen LogP contribution < -0.4 is 16.4 Å². The lowest BCUT2D eigenvalue weighted by Crippen LogP contribution is -2.06. The zero-order valence-corrected chi connectivity index (χ0v) is 18.7. The summed E-state index contributed by atoms with van der Waals surface area (Å²) in [6.45, 7) is 0. The number of anilines is 5. The lowest BCUT2D eigenvalue weighted by Gasteiger charge is -2.18. The Kier molecular flexibility index (Phi) is 5.24. The Bertz CT molecular complexity index is 1670. The molecule has 5 rings (SSSR count). The Morgan fingerprint density at radius 1 is 0.706 bits per heavy atom. The lowest BCUT2D eigenvalue weighted by molar-refractivity contribution is 0.481. The molecule has 8 heteroatoms. The van der Waals surface area contributed by atoms with Crippen molar-refractivity contribution in [3.8, 4) is 5.75 Å². The first-order valence-electron chi connectivity index (χ1n) is 10.4. The fourth-order valence-electron chi connectivity index (χ4n) is 4.04. The van der Waals surface area contributed by atoms with Crippen molar-refractivity contribution < 1.29 is 18.1 Å². The van der Waals surface area contributed by atoms with E-state index in [4.69, 9.17) is 5.73 Å². The van der Waals surface area contributed by atoms with E-state index in [1.165, 1.54) is 12.1 Å². The summed E-state index contributed by atoms with van der Waals surface area (Å²) in [4.78, 5) is -0.289. The average Bonchev–Trinajstić information content (AvgIpc) is 2.80. The number of nitrogen functional groups attached to an aromatic ring is 1. The molecule has 170 valence electrons. The smallest absolute Gasteiger partial charge is 0.296 e. The molecule has 0 amide bonds. The van der Waals surface area contributed by atoms with Crippen molar-refractivity contribution in [3.05, 3.63) is 91.0 Å². The monoisotopic (exact) mass is 471 g/mol. The van der Waals surface area contributed by atoms with Crippen LogP contribution in [-0.2, 0) is 10.1 Å². The maximum Gasteiger partial charge on any atom is 0.296 e. The van der Waals surface area contributed by atoms with Crippen LogP contribution in [0.4, 0.5) is 28.4 Å². The van der Waals surface area contributed by atoms with E-state index in [2.05, 4.69) is 10.6 Å². The molecule has 5 aromatic carbocycles. The molecule has 0 aliphatic carbocycles. The fourth-order valence-corrected chi connectivity index (χ4v) is 4.71. The predicted molar refractivity (Wildman–Crippen MR) is 137 cm³/mol. The molecular formula is C26H21N3O4S. The molecule has 0 saturated heterocycles. The van der Waals surface area contributed by atoms with E-state index >= 15 is 0 Å². The Labute approximate surface area is 196 Å². The summed E-state index contributed by atoms with van der Waals surface area (Å²) in [5.41, 5.74) is 8.43. The minimum atomic E-state index is -4.55. The number of nitrogens with one attached hydrogen (secondary N) is 2. The molecular weight excluding hydrogens is 450 g/mol. The summed E-state index contributed by atoms with van der Waals surface area (Å²) < 4.78 is 34.3. The zero-order valence-electron chi connectivity index (χ0n) is 17.9. The number of phenolic OH excluding ortho intramolecular Hbond substituents is 1. The number of fused-ring (bicyclic) bond motifs is 2. The molecule has 0 saturated carbocycles. The van der Waals surface area contributed by atoms with E-state index in [-0.39, 0.29) is 16.3 Å². The first kappa shape index (κ1) is 21.6. The standard InChI is InChI=1S/C26H21N3O4S/c27-18-13-17-5-1-2-7-20(17)23(14-18)29-22-8-4-10-25(34(31,32)33)26(22)28-19-12-11-16-6-3-9-24(30)21(16)15-19/h1-15,28-30H,27H2,(H,31,32,33). The maximum atomic E-state index is 12.2. The summed E-state index contributed by atoms with van der Waals surface area (Å²) in [5.74, 6) is 0.105. The molecule has 7 nitrogen and oxygen atoms in total. The minimum absolute atomic E-state index is 0.105. The van der Waals surface area contributed by atoms with Crippen molar-refractivity contribution >= 4 is 60.1 Å². The molecule has 0 bridgehead atoms. The van der Waals surface area contributed by atoms with Crippen LogP contribution in [0, 0.1) is 0 Å². The second-order valence-electron chi connectivity index (χ2n) is 7.91. The minimum Gasteiger partial charge on any atom is -0.507 e. The Morgan fingerprint density at radius 2 is 1.47 bits per heavy atom. The largest absolute Gasteiger partial charge is 0.507 e. The van der Waals surface area contributed by atoms with Crippen LogP contribution in [0.5, 0.6) is 5.75 Å². The molecule has 0 unspecified atom stereocenters. The summed E-state index contributed by atoms with van der Waals surface area (Å²) in [5, 5.41) is 19.9. The summed E-state index contributed by atoms with van der Waals surface area (Å²) in [7, 11) is -4.55. The maximum absolute atomic E-state index is 12.2. The summed E-state index contributed by atoms with van der Waals surface area (Å²) in [6, 6.07) is 26.3. The van der Waals surface area contributed by atoms with Crippen LogP contribution >= 0.6 is 0 Å². The van der Waals surface area contributed by atoms with Gasteiger partial charge in [0.25, 0.3) is 10.1 Å². The highest BCUT2D eigenvalue weighted by Crippen LogP contribution is 2.38. The SMILES string of the molecule is Nc1cc(Nc2cccc(S(=O)(=O)O)c2Nc2ccc3cccc(O)c3c2)c2ccccc2c1. The molecule has 6 N–H and O–H groups in total. The van der Waals surface area contributed by atoms with E-state index < -0.39 is 10.1 Å². The highest BCUT2D eigenvalue weighted by Gasteiger charge is 2.20. The fraction of sp³-hybridized carbons (Fsp3) is 0. The second-order valence-corrected chi connectivity index (χ2v) is 9.30. The third-order valence-corrected chi connectivity index (χ3v) is 6.48. The lowest BCUT2D eigenvalue weighted by atomic mass is 10.1. The van der Waals surface area contributed by atoms with Gasteiger partial charge in [0.15, 0.2) is 0 Å². The van der Waals surface area contributed by atoms with Crippen molar-refractivity contribution in [2.75, 3.05) is 16.4 Å². The normalized spacial score (nSPS) is 11.6. The van der Waals surface area contributed by atoms with Gasteiger partial charge < -0.3 is 21.5 Å². The zero-order chi connectivity index (χ0) is 23.9. The highest BCUT2D eigenvalue weighted by atomic mass is 32.2. The van der Waals surface area contributed by atoms with Gasteiger partial charge in [0.2, 0.25) is 0 Å². The van der Waals surface area contributed by atoms with Gasteiger partial charge >= 0.3 is 0 Å². The van der Waals surface area contributed by atoms with Gasteiger partial charge in [0, 0.05) is 27.8 Å². The quantitative estimate of drug-likeness (QED) is 0.157. The third-order valence-electron chi connectivity index (χ3n) is 5.59. The van der Waals surface area contributed by atoms with Crippen molar-refractivity contribution in [3.63, 3.8) is 0 Å². The van der Waals surface area contributed by atoms with Crippen LogP contribution in [0.15, 0.2) is 95.9 Å². The van der Waals surface area contributed by atoms with Crippen molar-refractivity contribution in [2.45, 2.75) is 4.90 Å². The number of para-hydroxylation sites is 1. The van der Waals surface area contributed by atoms with Gasteiger partial charge in [0.05, 0.1) is 11.4 Å². The van der Waals surface area contributed by atoms with Crippen LogP contribution in [0.2, 0.25) is 0 Å². The molecule has 0 atom stereocenters. The number of aromatic hydroxyl groups is 1. The van der Waals surface area contributed by atoms with Crippen LogP contribution in [-0.4, -0.2) is 18.1 Å². The molecule has 5 aromatic rings. The van der Waals surface area contributed by atoms with Crippen LogP contribution in [0.1, 0.15) is 0 Å². The molecule has 0 aromatic heterocycles. The van der Waals surface area contributed by atoms with Gasteiger partial charge in [-0.25, -0.2) is 0 Å². The predicted octanol–water partition coefficient (Wildman–Crippen LogP) is 6.01. The number of rotatable bonds is 5. The van der Waals surface area contributed by atoms with Gasteiger partial charge in [0.1, 0.15) is 10.6 Å². The summed E-state index contributed by atoms with van der Waals surface area (Å²) >= 11 is 0.